The van der Waals surface area contributed by atoms with Crippen molar-refractivity contribution >= 4 is 21.8 Å². The highest BCUT2D eigenvalue weighted by atomic mass is 32.2. The SMILES string of the molecule is CC(C)CN1CC(C(=O)NCCS(=O)(=O)N2CCCC2)CC1=O. The van der Waals surface area contributed by atoms with E-state index in [9.17, 15) is 18.0 Å². The molecular formula is C15H27N3O4S. The lowest BCUT2D eigenvalue weighted by atomic mass is 10.1. The molecule has 0 aliphatic carbocycles. The van der Waals surface area contributed by atoms with Gasteiger partial charge in [0.1, 0.15) is 0 Å². The average molecular weight is 345 g/mol. The molecule has 0 saturated carbocycles. The molecule has 0 aromatic carbocycles. The van der Waals surface area contributed by atoms with Crippen molar-refractivity contribution < 1.29 is 18.0 Å². The zero-order valence-electron chi connectivity index (χ0n) is 14.0. The highest BCUT2D eigenvalue weighted by molar-refractivity contribution is 7.89. The summed E-state index contributed by atoms with van der Waals surface area (Å²) in [5.41, 5.74) is 0. The molecule has 2 saturated heterocycles. The summed E-state index contributed by atoms with van der Waals surface area (Å²) in [6.07, 6.45) is 2.03. The van der Waals surface area contributed by atoms with E-state index in [2.05, 4.69) is 5.32 Å². The molecule has 23 heavy (non-hydrogen) atoms. The van der Waals surface area contributed by atoms with E-state index >= 15 is 0 Å². The molecule has 0 aromatic heterocycles. The van der Waals surface area contributed by atoms with Crippen molar-refractivity contribution in [1.82, 2.24) is 14.5 Å². The van der Waals surface area contributed by atoms with Gasteiger partial charge in [0.15, 0.2) is 0 Å². The first kappa shape index (κ1) is 18.2. The highest BCUT2D eigenvalue weighted by Crippen LogP contribution is 2.19. The van der Waals surface area contributed by atoms with Crippen LogP contribution in [0, 0.1) is 11.8 Å². The van der Waals surface area contributed by atoms with E-state index in [1.807, 2.05) is 13.8 Å². The minimum Gasteiger partial charge on any atom is -0.355 e. The Balaban J connectivity index is 1.76. The van der Waals surface area contributed by atoms with Gasteiger partial charge in [-0.1, -0.05) is 13.8 Å². The Labute approximate surface area is 138 Å². The third kappa shape index (κ3) is 4.91. The molecule has 0 spiro atoms. The first-order chi connectivity index (χ1) is 10.8. The van der Waals surface area contributed by atoms with Gasteiger partial charge in [-0.05, 0) is 18.8 Å². The van der Waals surface area contributed by atoms with Gasteiger partial charge < -0.3 is 10.2 Å². The van der Waals surface area contributed by atoms with Crippen LogP contribution in [0.15, 0.2) is 0 Å². The Morgan fingerprint density at radius 1 is 1.30 bits per heavy atom. The summed E-state index contributed by atoms with van der Waals surface area (Å²) in [4.78, 5) is 25.7. The second-order valence-electron chi connectivity index (χ2n) is 6.81. The lowest BCUT2D eigenvalue weighted by Crippen LogP contribution is -2.39. The Bertz CT molecular complexity index is 541. The summed E-state index contributed by atoms with van der Waals surface area (Å²) in [6.45, 7) is 6.42. The van der Waals surface area contributed by atoms with Crippen LogP contribution in [-0.2, 0) is 19.6 Å². The molecule has 0 bridgehead atoms. The number of likely N-dealkylation sites (tertiary alicyclic amines) is 1. The topological polar surface area (TPSA) is 86.8 Å². The number of nitrogens with one attached hydrogen (secondary N) is 1. The molecule has 0 radical (unpaired) electrons. The van der Waals surface area contributed by atoms with E-state index in [0.717, 1.165) is 12.8 Å². The van der Waals surface area contributed by atoms with E-state index < -0.39 is 10.0 Å². The van der Waals surface area contributed by atoms with Gasteiger partial charge in [-0.2, -0.15) is 0 Å². The minimum atomic E-state index is -3.28. The number of amides is 2. The summed E-state index contributed by atoms with van der Waals surface area (Å²) >= 11 is 0. The molecule has 2 heterocycles. The normalized spacial score (nSPS) is 23.0. The molecule has 132 valence electrons. The van der Waals surface area contributed by atoms with Gasteiger partial charge in [0.2, 0.25) is 21.8 Å². The van der Waals surface area contributed by atoms with Crippen molar-refractivity contribution in [2.75, 3.05) is 38.5 Å². The average Bonchev–Trinajstić information content (AvgIpc) is 3.09. The fourth-order valence-electron chi connectivity index (χ4n) is 3.11. The summed E-state index contributed by atoms with van der Waals surface area (Å²) < 4.78 is 25.6. The molecule has 8 heteroatoms. The Morgan fingerprint density at radius 3 is 2.57 bits per heavy atom. The van der Waals surface area contributed by atoms with Gasteiger partial charge in [-0.15, -0.1) is 0 Å². The van der Waals surface area contributed by atoms with Crippen molar-refractivity contribution in [3.05, 3.63) is 0 Å². The smallest absolute Gasteiger partial charge is 0.225 e. The Morgan fingerprint density at radius 2 is 1.96 bits per heavy atom. The third-order valence-electron chi connectivity index (χ3n) is 4.29. The maximum Gasteiger partial charge on any atom is 0.225 e. The first-order valence-corrected chi connectivity index (χ1v) is 9.94. The van der Waals surface area contributed by atoms with Crippen LogP contribution in [0.25, 0.3) is 0 Å². The molecule has 7 nitrogen and oxygen atoms in total. The molecule has 2 aliphatic heterocycles. The number of sulfonamides is 1. The van der Waals surface area contributed by atoms with Gasteiger partial charge in [-0.3, -0.25) is 9.59 Å². The molecule has 1 N–H and O–H groups in total. The van der Waals surface area contributed by atoms with E-state index in [0.29, 0.717) is 32.1 Å². The van der Waals surface area contributed by atoms with E-state index in [1.54, 1.807) is 4.90 Å². The van der Waals surface area contributed by atoms with Gasteiger partial charge in [0, 0.05) is 39.1 Å². The number of carbonyl (C=O) groups excluding carboxylic acids is 2. The number of nitrogens with zero attached hydrogens (tertiary/aromatic N) is 2. The van der Waals surface area contributed by atoms with Crippen LogP contribution in [-0.4, -0.2) is 67.9 Å². The monoisotopic (exact) mass is 345 g/mol. The molecule has 1 unspecified atom stereocenters. The molecule has 2 amide bonds. The van der Waals surface area contributed by atoms with Crippen LogP contribution in [0.3, 0.4) is 0 Å². The van der Waals surface area contributed by atoms with Crippen molar-refractivity contribution in [3.63, 3.8) is 0 Å². The molecule has 0 aromatic rings. The van der Waals surface area contributed by atoms with Crippen molar-refractivity contribution in [2.45, 2.75) is 33.1 Å². The van der Waals surface area contributed by atoms with Crippen LogP contribution in [0.1, 0.15) is 33.1 Å². The predicted octanol–water partition coefficient (Wildman–Crippen LogP) is 0.0327. The predicted molar refractivity (Wildman–Crippen MR) is 87.1 cm³/mol. The number of rotatable bonds is 7. The molecule has 2 fully saturated rings. The van der Waals surface area contributed by atoms with E-state index in [4.69, 9.17) is 0 Å². The van der Waals surface area contributed by atoms with Crippen molar-refractivity contribution in [3.8, 4) is 0 Å². The maximum absolute atomic E-state index is 12.1. The number of hydrogen-bond donors (Lipinski definition) is 1. The maximum atomic E-state index is 12.1. The number of carbonyl (C=O) groups is 2. The van der Waals surface area contributed by atoms with Gasteiger partial charge in [0.25, 0.3) is 0 Å². The standard InChI is InChI=1S/C15H27N3O4S/c1-12(2)10-17-11-13(9-14(17)19)15(20)16-5-8-23(21,22)18-6-3-4-7-18/h12-13H,3-11H2,1-2H3,(H,16,20). The second-order valence-corrected chi connectivity index (χ2v) is 8.90. The highest BCUT2D eigenvalue weighted by Gasteiger charge is 2.34. The first-order valence-electron chi connectivity index (χ1n) is 8.33. The van der Waals surface area contributed by atoms with Crippen molar-refractivity contribution in [1.29, 1.82) is 0 Å². The Hall–Kier alpha value is -1.15. The third-order valence-corrected chi connectivity index (χ3v) is 6.16. The second kappa shape index (κ2) is 7.61. The molecule has 2 rings (SSSR count). The quantitative estimate of drug-likeness (QED) is 0.705. The van der Waals surface area contributed by atoms with Crippen molar-refractivity contribution in [2.24, 2.45) is 11.8 Å². The van der Waals surface area contributed by atoms with Crippen LogP contribution < -0.4 is 5.32 Å². The van der Waals surface area contributed by atoms with E-state index in [-0.39, 0.29) is 36.5 Å². The zero-order valence-corrected chi connectivity index (χ0v) is 14.8. The fraction of sp³-hybridized carbons (Fsp3) is 0.867. The van der Waals surface area contributed by atoms with Gasteiger partial charge in [-0.25, -0.2) is 12.7 Å². The van der Waals surface area contributed by atoms with Crippen LogP contribution in [0.5, 0.6) is 0 Å². The van der Waals surface area contributed by atoms with Crippen LogP contribution in [0.2, 0.25) is 0 Å². The summed E-state index contributed by atoms with van der Waals surface area (Å²) in [7, 11) is -3.28. The molecule has 2 aliphatic rings. The molecule has 1 atom stereocenters. The largest absolute Gasteiger partial charge is 0.355 e. The summed E-state index contributed by atoms with van der Waals surface area (Å²) in [5, 5.41) is 2.67. The van der Waals surface area contributed by atoms with Crippen LogP contribution in [0.4, 0.5) is 0 Å². The van der Waals surface area contributed by atoms with Gasteiger partial charge >= 0.3 is 0 Å². The number of hydrogen-bond acceptors (Lipinski definition) is 4. The Kier molecular flexibility index (Phi) is 6.02. The lowest BCUT2D eigenvalue weighted by molar-refractivity contribution is -0.129. The molecular weight excluding hydrogens is 318 g/mol. The lowest BCUT2D eigenvalue weighted by Gasteiger charge is -2.19. The fourth-order valence-corrected chi connectivity index (χ4v) is 4.54. The minimum absolute atomic E-state index is 0.00328. The summed E-state index contributed by atoms with van der Waals surface area (Å²) in [6, 6.07) is 0. The van der Waals surface area contributed by atoms with Gasteiger partial charge in [0.05, 0.1) is 11.7 Å². The van der Waals surface area contributed by atoms with E-state index in [1.165, 1.54) is 4.31 Å². The van der Waals surface area contributed by atoms with Crippen LogP contribution >= 0.6 is 0 Å². The zero-order chi connectivity index (χ0) is 17.0. The summed E-state index contributed by atoms with van der Waals surface area (Å²) in [5.74, 6) is -0.290.